The molecule has 4 aliphatic carbocycles. The van der Waals surface area contributed by atoms with E-state index in [-0.39, 0.29) is 36.1 Å². The summed E-state index contributed by atoms with van der Waals surface area (Å²) in [5.74, 6) is 1.97. The normalized spacial score (nSPS) is 29.3. The Morgan fingerprint density at radius 1 is 1.14 bits per heavy atom. The highest BCUT2D eigenvalue weighted by atomic mass is 16.6. The molecule has 4 saturated carbocycles. The number of nitrogens with one attached hydrogen (secondary N) is 3. The van der Waals surface area contributed by atoms with Gasteiger partial charge < -0.3 is 16.0 Å². The second-order valence-electron chi connectivity index (χ2n) is 9.14. The molecule has 3 amide bonds. The number of hydrogen-bond donors (Lipinski definition) is 3. The SMILES string of the molecule is Cc1ccc(NC(=O)CCNC(=O)NC23CC4CC(CC(C4)C2)C3)cc1[N+](=O)[O-]. The van der Waals surface area contributed by atoms with E-state index < -0.39 is 4.92 Å². The molecule has 1 aromatic rings. The molecule has 0 radical (unpaired) electrons. The molecule has 1 aromatic carbocycles. The van der Waals surface area contributed by atoms with Gasteiger partial charge in [-0.2, -0.15) is 0 Å². The summed E-state index contributed by atoms with van der Waals surface area (Å²) in [6.07, 6.45) is 7.31. The first kappa shape index (κ1) is 19.7. The van der Waals surface area contributed by atoms with Crippen LogP contribution in [-0.4, -0.2) is 28.9 Å². The van der Waals surface area contributed by atoms with Gasteiger partial charge in [-0.1, -0.05) is 6.07 Å². The number of carbonyl (C=O) groups excluding carboxylic acids is 2. The lowest BCUT2D eigenvalue weighted by molar-refractivity contribution is -0.385. The van der Waals surface area contributed by atoms with Gasteiger partial charge in [0.05, 0.1) is 4.92 Å². The van der Waals surface area contributed by atoms with Crippen LogP contribution in [0.1, 0.15) is 50.5 Å². The Labute approximate surface area is 170 Å². The number of benzene rings is 1. The van der Waals surface area contributed by atoms with Crippen molar-refractivity contribution in [2.75, 3.05) is 11.9 Å². The molecule has 29 heavy (non-hydrogen) atoms. The first-order chi connectivity index (χ1) is 13.8. The summed E-state index contributed by atoms with van der Waals surface area (Å²) in [4.78, 5) is 35.0. The van der Waals surface area contributed by atoms with E-state index >= 15 is 0 Å². The van der Waals surface area contributed by atoms with Crippen molar-refractivity contribution >= 4 is 23.3 Å². The van der Waals surface area contributed by atoms with Crippen LogP contribution in [0.15, 0.2) is 18.2 Å². The fourth-order valence-corrected chi connectivity index (χ4v) is 5.95. The summed E-state index contributed by atoms with van der Waals surface area (Å²) in [6.45, 7) is 1.87. The number of nitrogens with zero attached hydrogens (tertiary/aromatic N) is 1. The molecule has 8 nitrogen and oxygen atoms in total. The van der Waals surface area contributed by atoms with Gasteiger partial charge in [0.2, 0.25) is 5.91 Å². The molecule has 4 aliphatic rings. The van der Waals surface area contributed by atoms with Gasteiger partial charge in [-0.25, -0.2) is 4.79 Å². The van der Waals surface area contributed by atoms with Crippen LogP contribution in [-0.2, 0) is 4.79 Å². The molecule has 4 bridgehead atoms. The minimum Gasteiger partial charge on any atom is -0.338 e. The maximum Gasteiger partial charge on any atom is 0.315 e. The van der Waals surface area contributed by atoms with Crippen molar-refractivity contribution in [1.82, 2.24) is 10.6 Å². The van der Waals surface area contributed by atoms with Crippen LogP contribution in [0.5, 0.6) is 0 Å². The van der Waals surface area contributed by atoms with Crippen LogP contribution < -0.4 is 16.0 Å². The van der Waals surface area contributed by atoms with E-state index in [2.05, 4.69) is 16.0 Å². The highest BCUT2D eigenvalue weighted by molar-refractivity contribution is 5.91. The van der Waals surface area contributed by atoms with E-state index in [0.29, 0.717) is 11.3 Å². The zero-order valence-electron chi connectivity index (χ0n) is 16.7. The molecule has 4 fully saturated rings. The zero-order valence-corrected chi connectivity index (χ0v) is 16.7. The Morgan fingerprint density at radius 2 is 1.76 bits per heavy atom. The van der Waals surface area contributed by atoms with Crippen LogP contribution in [0.4, 0.5) is 16.2 Å². The van der Waals surface area contributed by atoms with Gasteiger partial charge >= 0.3 is 6.03 Å². The van der Waals surface area contributed by atoms with Crippen LogP contribution in [0, 0.1) is 34.8 Å². The summed E-state index contributed by atoms with van der Waals surface area (Å²) in [5, 5.41) is 19.7. The molecule has 0 spiro atoms. The van der Waals surface area contributed by atoms with Crippen molar-refractivity contribution in [3.05, 3.63) is 33.9 Å². The lowest BCUT2D eigenvalue weighted by Gasteiger charge is -2.56. The minimum absolute atomic E-state index is 0.0316. The molecular weight excluding hydrogens is 372 g/mol. The summed E-state index contributed by atoms with van der Waals surface area (Å²) < 4.78 is 0. The Balaban J connectivity index is 1.23. The Hall–Kier alpha value is -2.64. The molecule has 156 valence electrons. The van der Waals surface area contributed by atoms with Crippen LogP contribution >= 0.6 is 0 Å². The Bertz CT molecular complexity index is 803. The van der Waals surface area contributed by atoms with E-state index in [9.17, 15) is 19.7 Å². The average molecular weight is 400 g/mol. The first-order valence-corrected chi connectivity index (χ1v) is 10.4. The quantitative estimate of drug-likeness (QED) is 0.501. The summed E-state index contributed by atoms with van der Waals surface area (Å²) in [5.41, 5.74) is 0.833. The van der Waals surface area contributed by atoms with Gasteiger partial charge in [-0.05, 0) is 69.3 Å². The first-order valence-electron chi connectivity index (χ1n) is 10.4. The molecular formula is C21H28N4O4. The number of hydrogen-bond acceptors (Lipinski definition) is 4. The molecule has 3 N–H and O–H groups in total. The highest BCUT2D eigenvalue weighted by Gasteiger charge is 2.51. The lowest BCUT2D eigenvalue weighted by Crippen LogP contribution is -2.61. The minimum atomic E-state index is -0.471. The van der Waals surface area contributed by atoms with E-state index in [1.165, 1.54) is 25.3 Å². The molecule has 0 aliphatic heterocycles. The van der Waals surface area contributed by atoms with Crippen molar-refractivity contribution in [1.29, 1.82) is 0 Å². The van der Waals surface area contributed by atoms with Crippen LogP contribution in [0.3, 0.4) is 0 Å². The number of aryl methyl sites for hydroxylation is 1. The zero-order chi connectivity index (χ0) is 20.6. The number of carbonyl (C=O) groups is 2. The van der Waals surface area contributed by atoms with Gasteiger partial charge in [-0.3, -0.25) is 14.9 Å². The van der Waals surface area contributed by atoms with Gasteiger partial charge in [0, 0.05) is 35.8 Å². The van der Waals surface area contributed by atoms with Crippen molar-refractivity contribution < 1.29 is 14.5 Å². The topological polar surface area (TPSA) is 113 Å². The van der Waals surface area contributed by atoms with Crippen molar-refractivity contribution in [2.24, 2.45) is 17.8 Å². The van der Waals surface area contributed by atoms with Crippen molar-refractivity contribution in [3.8, 4) is 0 Å². The number of amides is 3. The second-order valence-corrected chi connectivity index (χ2v) is 9.14. The van der Waals surface area contributed by atoms with Gasteiger partial charge in [-0.15, -0.1) is 0 Å². The Kier molecular flexibility index (Phi) is 5.19. The molecule has 0 atom stereocenters. The number of anilines is 1. The lowest BCUT2D eigenvalue weighted by atomic mass is 9.53. The monoisotopic (exact) mass is 400 g/mol. The summed E-state index contributed by atoms with van der Waals surface area (Å²) in [6, 6.07) is 4.38. The molecule has 0 aromatic heterocycles. The number of rotatable bonds is 6. The standard InChI is InChI=1S/C21H28N4O4/c1-13-2-3-17(9-18(13)25(28)29)23-19(26)4-5-22-20(27)24-21-10-14-6-15(11-21)8-16(7-14)12-21/h2-3,9,14-16H,4-8,10-12H2,1H3,(H,23,26)(H2,22,24,27). The Morgan fingerprint density at radius 3 is 2.34 bits per heavy atom. The smallest absolute Gasteiger partial charge is 0.315 e. The van der Waals surface area contributed by atoms with Gasteiger partial charge in [0.1, 0.15) is 0 Å². The number of nitro benzene ring substituents is 1. The van der Waals surface area contributed by atoms with Crippen LogP contribution in [0.2, 0.25) is 0 Å². The largest absolute Gasteiger partial charge is 0.338 e. The fraction of sp³-hybridized carbons (Fsp3) is 0.619. The van der Waals surface area contributed by atoms with E-state index in [1.807, 2.05) is 0 Å². The molecule has 0 heterocycles. The number of urea groups is 1. The van der Waals surface area contributed by atoms with Crippen LogP contribution in [0.25, 0.3) is 0 Å². The average Bonchev–Trinajstić information content (AvgIpc) is 2.61. The summed E-state index contributed by atoms with van der Waals surface area (Å²) in [7, 11) is 0. The molecule has 8 heteroatoms. The third kappa shape index (κ3) is 4.36. The molecule has 5 rings (SSSR count). The van der Waals surface area contributed by atoms with Gasteiger partial charge in [0.25, 0.3) is 5.69 Å². The van der Waals surface area contributed by atoms with E-state index in [1.54, 1.807) is 19.1 Å². The predicted octanol–water partition coefficient (Wildman–Crippen LogP) is 3.50. The van der Waals surface area contributed by atoms with Crippen molar-refractivity contribution in [3.63, 3.8) is 0 Å². The van der Waals surface area contributed by atoms with E-state index in [4.69, 9.17) is 0 Å². The maximum atomic E-state index is 12.4. The van der Waals surface area contributed by atoms with Gasteiger partial charge in [0.15, 0.2) is 0 Å². The third-order valence-electron chi connectivity index (χ3n) is 6.74. The fourth-order valence-electron chi connectivity index (χ4n) is 5.95. The highest BCUT2D eigenvalue weighted by Crippen LogP contribution is 2.55. The van der Waals surface area contributed by atoms with E-state index in [0.717, 1.165) is 37.0 Å². The second kappa shape index (κ2) is 7.65. The molecule has 0 saturated heterocycles. The predicted molar refractivity (Wildman–Crippen MR) is 109 cm³/mol. The molecule has 0 unspecified atom stereocenters. The van der Waals surface area contributed by atoms with Crippen molar-refractivity contribution in [2.45, 2.75) is 57.4 Å². The summed E-state index contributed by atoms with van der Waals surface area (Å²) >= 11 is 0. The third-order valence-corrected chi connectivity index (χ3v) is 6.74. The maximum absolute atomic E-state index is 12.4. The number of nitro groups is 1.